The van der Waals surface area contributed by atoms with E-state index in [9.17, 15) is 4.79 Å². The highest BCUT2D eigenvalue weighted by Gasteiger charge is 2.24. The van der Waals surface area contributed by atoms with Gasteiger partial charge in [-0.2, -0.15) is 0 Å². The Morgan fingerprint density at radius 1 is 0.919 bits per heavy atom. The van der Waals surface area contributed by atoms with Crippen LogP contribution in [-0.2, 0) is 13.0 Å². The summed E-state index contributed by atoms with van der Waals surface area (Å²) in [6.07, 6.45) is 3.55. The SMILES string of the molecule is CCCCc1ccc(NSc2ccc(C)c(C(=O)N3CCN(Cc4ccc5c(c4)OCO5)CC3)c2)cc1. The van der Waals surface area contributed by atoms with Crippen molar-refractivity contribution in [1.29, 1.82) is 0 Å². The van der Waals surface area contributed by atoms with E-state index in [-0.39, 0.29) is 5.91 Å². The maximum Gasteiger partial charge on any atom is 0.254 e. The summed E-state index contributed by atoms with van der Waals surface area (Å²) >= 11 is 1.55. The minimum Gasteiger partial charge on any atom is -0.454 e. The molecule has 0 aromatic heterocycles. The second-order valence-electron chi connectivity index (χ2n) is 9.74. The lowest BCUT2D eigenvalue weighted by molar-refractivity contribution is 0.0627. The van der Waals surface area contributed by atoms with Crippen molar-refractivity contribution in [3.8, 4) is 11.5 Å². The molecule has 2 heterocycles. The largest absolute Gasteiger partial charge is 0.454 e. The lowest BCUT2D eigenvalue weighted by atomic mass is 10.1. The summed E-state index contributed by atoms with van der Waals surface area (Å²) in [5.41, 5.74) is 5.44. The molecule has 1 saturated heterocycles. The Kier molecular flexibility index (Phi) is 8.21. The number of carbonyl (C=O) groups is 1. The number of hydrogen-bond donors (Lipinski definition) is 1. The summed E-state index contributed by atoms with van der Waals surface area (Å²) in [4.78, 5) is 18.8. The van der Waals surface area contributed by atoms with Gasteiger partial charge in [0.2, 0.25) is 6.79 Å². The minimum absolute atomic E-state index is 0.114. The van der Waals surface area contributed by atoms with Crippen LogP contribution in [0.5, 0.6) is 11.5 Å². The summed E-state index contributed by atoms with van der Waals surface area (Å²) in [7, 11) is 0. The zero-order valence-corrected chi connectivity index (χ0v) is 22.5. The number of unbranched alkanes of at least 4 members (excludes halogenated alkanes) is 1. The number of piperazine rings is 1. The predicted octanol–water partition coefficient (Wildman–Crippen LogP) is 6.14. The number of benzene rings is 3. The fraction of sp³-hybridized carbons (Fsp3) is 0.367. The van der Waals surface area contributed by atoms with E-state index in [1.54, 1.807) is 11.9 Å². The number of rotatable bonds is 9. The van der Waals surface area contributed by atoms with E-state index >= 15 is 0 Å². The molecule has 1 amide bonds. The second-order valence-corrected chi connectivity index (χ2v) is 10.6. The molecule has 0 unspecified atom stereocenters. The van der Waals surface area contributed by atoms with Crippen molar-refractivity contribution in [3.05, 3.63) is 82.9 Å². The van der Waals surface area contributed by atoms with Crippen molar-refractivity contribution in [2.24, 2.45) is 0 Å². The van der Waals surface area contributed by atoms with Gasteiger partial charge in [0.25, 0.3) is 5.91 Å². The van der Waals surface area contributed by atoms with Crippen LogP contribution in [0.4, 0.5) is 5.69 Å². The van der Waals surface area contributed by atoms with Crippen molar-refractivity contribution in [3.63, 3.8) is 0 Å². The van der Waals surface area contributed by atoms with E-state index < -0.39 is 0 Å². The summed E-state index contributed by atoms with van der Waals surface area (Å²) in [5, 5.41) is 0. The molecule has 1 fully saturated rings. The normalized spacial score (nSPS) is 15.1. The topological polar surface area (TPSA) is 54.0 Å². The molecule has 0 spiro atoms. The van der Waals surface area contributed by atoms with Gasteiger partial charge >= 0.3 is 0 Å². The predicted molar refractivity (Wildman–Crippen MR) is 149 cm³/mol. The molecule has 0 bridgehead atoms. The van der Waals surface area contributed by atoms with Gasteiger partial charge in [0, 0.05) is 48.9 Å². The van der Waals surface area contributed by atoms with E-state index in [1.807, 2.05) is 30.0 Å². The highest BCUT2D eigenvalue weighted by molar-refractivity contribution is 8.00. The molecule has 0 saturated carbocycles. The molecule has 37 heavy (non-hydrogen) atoms. The number of nitrogens with zero attached hydrogens (tertiary/aromatic N) is 2. The molecule has 0 radical (unpaired) electrons. The van der Waals surface area contributed by atoms with Crippen LogP contribution in [0.15, 0.2) is 65.6 Å². The maximum atomic E-state index is 13.4. The van der Waals surface area contributed by atoms with E-state index in [4.69, 9.17) is 9.47 Å². The first-order valence-electron chi connectivity index (χ1n) is 13.1. The molecule has 1 N–H and O–H groups in total. The lowest BCUT2D eigenvalue weighted by Crippen LogP contribution is -2.48. The van der Waals surface area contributed by atoms with Crippen molar-refractivity contribution < 1.29 is 14.3 Å². The quantitative estimate of drug-likeness (QED) is 0.344. The third kappa shape index (κ3) is 6.40. The van der Waals surface area contributed by atoms with Gasteiger partial charge in [-0.25, -0.2) is 0 Å². The summed E-state index contributed by atoms with van der Waals surface area (Å²) in [6.45, 7) is 8.52. The molecular weight excluding hydrogens is 482 g/mol. The molecule has 2 aliphatic heterocycles. The highest BCUT2D eigenvalue weighted by Crippen LogP contribution is 2.33. The fourth-order valence-corrected chi connectivity index (χ4v) is 5.39. The number of amides is 1. The summed E-state index contributed by atoms with van der Waals surface area (Å²) in [5.74, 6) is 1.74. The first-order chi connectivity index (χ1) is 18.1. The Balaban J connectivity index is 1.14. The molecule has 7 heteroatoms. The van der Waals surface area contributed by atoms with Crippen LogP contribution in [0.1, 0.15) is 46.8 Å². The van der Waals surface area contributed by atoms with Gasteiger partial charge in [-0.15, -0.1) is 0 Å². The average molecular weight is 518 g/mol. The molecule has 0 atom stereocenters. The number of fused-ring (bicyclic) bond motifs is 1. The fourth-order valence-electron chi connectivity index (χ4n) is 4.71. The van der Waals surface area contributed by atoms with Crippen LogP contribution in [0.3, 0.4) is 0 Å². The van der Waals surface area contributed by atoms with Gasteiger partial charge in [0.05, 0.1) is 0 Å². The van der Waals surface area contributed by atoms with Crippen molar-refractivity contribution in [2.45, 2.75) is 44.6 Å². The zero-order chi connectivity index (χ0) is 25.6. The minimum atomic E-state index is 0.114. The molecular formula is C30H35N3O3S. The Morgan fingerprint density at radius 3 is 2.46 bits per heavy atom. The van der Waals surface area contributed by atoms with Crippen LogP contribution in [0, 0.1) is 6.92 Å². The molecule has 0 aliphatic carbocycles. The third-order valence-electron chi connectivity index (χ3n) is 7.00. The van der Waals surface area contributed by atoms with Crippen molar-refractivity contribution >= 4 is 23.5 Å². The molecule has 6 nitrogen and oxygen atoms in total. The zero-order valence-electron chi connectivity index (χ0n) is 21.7. The van der Waals surface area contributed by atoms with Gasteiger partial charge in [-0.05, 0) is 84.8 Å². The highest BCUT2D eigenvalue weighted by atomic mass is 32.2. The first-order valence-corrected chi connectivity index (χ1v) is 13.9. The van der Waals surface area contributed by atoms with Crippen LogP contribution in [-0.4, -0.2) is 48.7 Å². The average Bonchev–Trinajstić information content (AvgIpc) is 3.40. The number of nitrogens with one attached hydrogen (secondary N) is 1. The first kappa shape index (κ1) is 25.5. The molecule has 5 rings (SSSR count). The molecule has 2 aliphatic rings. The van der Waals surface area contributed by atoms with Crippen LogP contribution < -0.4 is 14.2 Å². The van der Waals surface area contributed by atoms with E-state index in [0.717, 1.165) is 72.4 Å². The van der Waals surface area contributed by atoms with Crippen molar-refractivity contribution in [2.75, 3.05) is 37.7 Å². The van der Waals surface area contributed by atoms with Gasteiger partial charge < -0.3 is 19.1 Å². The smallest absolute Gasteiger partial charge is 0.254 e. The molecule has 3 aromatic rings. The number of ether oxygens (including phenoxy) is 2. The monoisotopic (exact) mass is 517 g/mol. The number of hydrogen-bond acceptors (Lipinski definition) is 6. The van der Waals surface area contributed by atoms with Gasteiger partial charge in [0.15, 0.2) is 11.5 Å². The Hall–Kier alpha value is -3.16. The van der Waals surface area contributed by atoms with E-state index in [0.29, 0.717) is 6.79 Å². The Labute approximate surface area is 224 Å². The van der Waals surface area contributed by atoms with Gasteiger partial charge in [-0.3, -0.25) is 9.69 Å². The maximum absolute atomic E-state index is 13.4. The molecule has 3 aromatic carbocycles. The second kappa shape index (κ2) is 11.9. The Bertz CT molecular complexity index is 1220. The molecule has 194 valence electrons. The van der Waals surface area contributed by atoms with E-state index in [1.165, 1.54) is 24.0 Å². The van der Waals surface area contributed by atoms with Crippen LogP contribution in [0.25, 0.3) is 0 Å². The van der Waals surface area contributed by atoms with Crippen molar-refractivity contribution in [1.82, 2.24) is 9.80 Å². The standard InChI is InChI=1S/C30H35N3O3S/c1-3-4-5-23-7-10-25(11-8-23)31-37-26-12-6-22(2)27(19-26)30(34)33-16-14-32(15-17-33)20-24-9-13-28-29(18-24)36-21-35-28/h6-13,18-19,31H,3-5,14-17,20-21H2,1-2H3. The van der Waals surface area contributed by atoms with E-state index in [2.05, 4.69) is 59.0 Å². The number of anilines is 1. The van der Waals surface area contributed by atoms with Crippen LogP contribution in [0.2, 0.25) is 0 Å². The van der Waals surface area contributed by atoms with Gasteiger partial charge in [0.1, 0.15) is 0 Å². The van der Waals surface area contributed by atoms with Gasteiger partial charge in [-0.1, -0.05) is 37.6 Å². The summed E-state index contributed by atoms with van der Waals surface area (Å²) < 4.78 is 14.3. The third-order valence-corrected chi connectivity index (χ3v) is 7.83. The Morgan fingerprint density at radius 2 is 1.68 bits per heavy atom. The lowest BCUT2D eigenvalue weighted by Gasteiger charge is -2.35. The van der Waals surface area contributed by atoms with Crippen LogP contribution >= 0.6 is 11.9 Å². The number of carbonyl (C=O) groups excluding carboxylic acids is 1. The number of aryl methyl sites for hydroxylation is 2. The summed E-state index contributed by atoms with van der Waals surface area (Å²) in [6, 6.07) is 20.9.